The lowest BCUT2D eigenvalue weighted by molar-refractivity contribution is -0.0441. The van der Waals surface area contributed by atoms with Gasteiger partial charge in [-0.1, -0.05) is 32.0 Å². The molecule has 19 heavy (non-hydrogen) atoms. The molecule has 1 aliphatic rings. The van der Waals surface area contributed by atoms with E-state index in [4.69, 9.17) is 10.5 Å². The highest BCUT2D eigenvalue weighted by atomic mass is 19.1. The summed E-state index contributed by atoms with van der Waals surface area (Å²) in [5.41, 5.74) is 6.74. The van der Waals surface area contributed by atoms with Crippen LogP contribution in [0.15, 0.2) is 24.3 Å². The largest absolute Gasteiger partial charge is 0.369 e. The third kappa shape index (κ3) is 3.77. The Bertz CT molecular complexity index is 409. The summed E-state index contributed by atoms with van der Waals surface area (Å²) in [5, 5.41) is 0. The van der Waals surface area contributed by atoms with Crippen molar-refractivity contribution in [1.29, 1.82) is 0 Å². The quantitative estimate of drug-likeness (QED) is 0.898. The second kappa shape index (κ2) is 6.02. The Hall–Kier alpha value is -0.930. The fraction of sp³-hybridized carbons (Fsp3) is 0.625. The molecule has 2 N–H and O–H groups in total. The molecule has 1 unspecified atom stereocenters. The molecule has 2 rings (SSSR count). The highest BCUT2D eigenvalue weighted by molar-refractivity contribution is 5.20. The van der Waals surface area contributed by atoms with Crippen molar-refractivity contribution >= 4 is 0 Å². The van der Waals surface area contributed by atoms with Crippen LogP contribution in [-0.2, 0) is 4.74 Å². The maximum absolute atomic E-state index is 13.8. The molecule has 106 valence electrons. The minimum Gasteiger partial charge on any atom is -0.369 e. The van der Waals surface area contributed by atoms with E-state index < -0.39 is 0 Å². The number of nitrogens with two attached hydrogens (primary N) is 1. The highest BCUT2D eigenvalue weighted by Gasteiger charge is 2.29. The van der Waals surface area contributed by atoms with Gasteiger partial charge < -0.3 is 10.5 Å². The third-order valence-electron chi connectivity index (χ3n) is 4.11. The molecule has 1 saturated carbocycles. The van der Waals surface area contributed by atoms with Gasteiger partial charge in [0.2, 0.25) is 0 Å². The summed E-state index contributed by atoms with van der Waals surface area (Å²) in [6.45, 7) is 4.90. The van der Waals surface area contributed by atoms with Crippen LogP contribution in [0.4, 0.5) is 4.39 Å². The van der Waals surface area contributed by atoms with Crippen molar-refractivity contribution < 1.29 is 9.13 Å². The number of halogens is 1. The Morgan fingerprint density at radius 2 is 1.95 bits per heavy atom. The van der Waals surface area contributed by atoms with Crippen molar-refractivity contribution in [3.05, 3.63) is 35.6 Å². The van der Waals surface area contributed by atoms with Crippen LogP contribution in [0, 0.1) is 11.2 Å². The van der Waals surface area contributed by atoms with Crippen molar-refractivity contribution in [1.82, 2.24) is 0 Å². The van der Waals surface area contributed by atoms with E-state index in [1.165, 1.54) is 6.07 Å². The molecule has 0 spiro atoms. The van der Waals surface area contributed by atoms with E-state index in [0.717, 1.165) is 25.7 Å². The van der Waals surface area contributed by atoms with Crippen molar-refractivity contribution in [2.45, 2.75) is 51.7 Å². The van der Waals surface area contributed by atoms with E-state index >= 15 is 0 Å². The van der Waals surface area contributed by atoms with Gasteiger partial charge in [0.25, 0.3) is 0 Å². The molecule has 3 heteroatoms. The molecule has 0 aliphatic heterocycles. The predicted molar refractivity (Wildman–Crippen MR) is 75.3 cm³/mol. The third-order valence-corrected chi connectivity index (χ3v) is 4.11. The fourth-order valence-electron chi connectivity index (χ4n) is 2.73. The van der Waals surface area contributed by atoms with Crippen LogP contribution in [-0.4, -0.2) is 12.6 Å². The molecule has 0 heterocycles. The summed E-state index contributed by atoms with van der Waals surface area (Å²) in [4.78, 5) is 0. The molecule has 0 saturated heterocycles. The number of ether oxygens (including phenoxy) is 1. The van der Waals surface area contributed by atoms with E-state index in [0.29, 0.717) is 17.5 Å². The zero-order valence-corrected chi connectivity index (χ0v) is 11.9. The summed E-state index contributed by atoms with van der Waals surface area (Å²) in [6, 6.07) is 6.74. The first-order valence-corrected chi connectivity index (χ1v) is 7.12. The van der Waals surface area contributed by atoms with Gasteiger partial charge in [-0.2, -0.15) is 0 Å². The zero-order valence-electron chi connectivity index (χ0n) is 11.9. The Kier molecular flexibility index (Phi) is 4.58. The van der Waals surface area contributed by atoms with E-state index in [-0.39, 0.29) is 18.0 Å². The number of hydrogen-bond donors (Lipinski definition) is 1. The first kappa shape index (κ1) is 14.5. The van der Waals surface area contributed by atoms with Crippen LogP contribution in [0.5, 0.6) is 0 Å². The van der Waals surface area contributed by atoms with Gasteiger partial charge in [0, 0.05) is 12.1 Å². The fourth-order valence-corrected chi connectivity index (χ4v) is 2.73. The van der Waals surface area contributed by atoms with Gasteiger partial charge in [0.05, 0.1) is 12.2 Å². The van der Waals surface area contributed by atoms with Crippen LogP contribution >= 0.6 is 0 Å². The summed E-state index contributed by atoms with van der Waals surface area (Å²) in [5.74, 6) is -0.228. The first-order valence-electron chi connectivity index (χ1n) is 7.12. The Morgan fingerprint density at radius 3 is 2.53 bits per heavy atom. The maximum Gasteiger partial charge on any atom is 0.129 e. The molecular weight excluding hydrogens is 241 g/mol. The lowest BCUT2D eigenvalue weighted by atomic mass is 9.76. The van der Waals surface area contributed by atoms with Crippen molar-refractivity contribution in [3.8, 4) is 0 Å². The van der Waals surface area contributed by atoms with Crippen molar-refractivity contribution in [3.63, 3.8) is 0 Å². The number of hydrogen-bond acceptors (Lipinski definition) is 2. The maximum atomic E-state index is 13.8. The second-order valence-corrected chi connectivity index (χ2v) is 6.25. The second-order valence-electron chi connectivity index (χ2n) is 6.25. The summed E-state index contributed by atoms with van der Waals surface area (Å²) < 4.78 is 19.8. The van der Waals surface area contributed by atoms with Gasteiger partial charge in [0.15, 0.2) is 0 Å². The van der Waals surface area contributed by atoms with Gasteiger partial charge in [-0.05, 0) is 37.2 Å². The Labute approximate surface area is 115 Å². The van der Waals surface area contributed by atoms with Gasteiger partial charge in [0.1, 0.15) is 5.82 Å². The molecule has 1 aromatic carbocycles. The Morgan fingerprint density at radius 1 is 1.32 bits per heavy atom. The molecule has 0 aromatic heterocycles. The molecule has 0 radical (unpaired) electrons. The molecule has 0 bridgehead atoms. The normalized spacial score (nSPS) is 21.3. The van der Waals surface area contributed by atoms with Crippen LogP contribution in [0.1, 0.15) is 51.2 Å². The van der Waals surface area contributed by atoms with E-state index in [1.807, 2.05) is 6.07 Å². The van der Waals surface area contributed by atoms with E-state index in [9.17, 15) is 4.39 Å². The topological polar surface area (TPSA) is 35.2 Å². The summed E-state index contributed by atoms with van der Waals surface area (Å²) in [7, 11) is 0. The molecular formula is C16H24FNO. The van der Waals surface area contributed by atoms with Crippen molar-refractivity contribution in [2.24, 2.45) is 11.1 Å². The highest BCUT2D eigenvalue weighted by Crippen LogP contribution is 2.37. The molecule has 1 atom stereocenters. The monoisotopic (exact) mass is 265 g/mol. The van der Waals surface area contributed by atoms with Crippen LogP contribution in [0.3, 0.4) is 0 Å². The SMILES string of the molecule is CC1(C)CCC(OC(CN)c2ccccc2F)CC1. The molecule has 0 amide bonds. The van der Waals surface area contributed by atoms with E-state index in [2.05, 4.69) is 13.8 Å². The molecule has 2 nitrogen and oxygen atoms in total. The van der Waals surface area contributed by atoms with Crippen molar-refractivity contribution in [2.75, 3.05) is 6.54 Å². The first-order chi connectivity index (χ1) is 9.02. The van der Waals surface area contributed by atoms with Crippen LogP contribution in [0.2, 0.25) is 0 Å². The molecule has 1 aromatic rings. The van der Waals surface area contributed by atoms with Gasteiger partial charge in [-0.25, -0.2) is 4.39 Å². The van der Waals surface area contributed by atoms with Gasteiger partial charge in [-0.15, -0.1) is 0 Å². The zero-order chi connectivity index (χ0) is 13.9. The minimum absolute atomic E-state index is 0.209. The smallest absolute Gasteiger partial charge is 0.129 e. The lowest BCUT2D eigenvalue weighted by Gasteiger charge is -2.35. The van der Waals surface area contributed by atoms with Crippen LogP contribution in [0.25, 0.3) is 0 Å². The molecule has 1 fully saturated rings. The summed E-state index contributed by atoms with van der Waals surface area (Å²) >= 11 is 0. The number of benzene rings is 1. The molecule has 1 aliphatic carbocycles. The van der Waals surface area contributed by atoms with Gasteiger partial charge >= 0.3 is 0 Å². The Balaban J connectivity index is 1.99. The minimum atomic E-state index is -0.326. The van der Waals surface area contributed by atoms with E-state index in [1.54, 1.807) is 12.1 Å². The van der Waals surface area contributed by atoms with Gasteiger partial charge in [-0.3, -0.25) is 0 Å². The number of rotatable bonds is 4. The average Bonchev–Trinajstić information content (AvgIpc) is 2.39. The lowest BCUT2D eigenvalue weighted by Crippen LogP contribution is -2.30. The average molecular weight is 265 g/mol. The summed E-state index contributed by atoms with van der Waals surface area (Å²) in [6.07, 6.45) is 4.28. The predicted octanol–water partition coefficient (Wildman–Crippen LogP) is 3.81. The van der Waals surface area contributed by atoms with Crippen LogP contribution < -0.4 is 5.73 Å². The standard InChI is InChI=1S/C16H24FNO/c1-16(2)9-7-12(8-10-16)19-15(11-18)13-5-3-4-6-14(13)17/h3-6,12,15H,7-11,18H2,1-2H3.